The largest absolute Gasteiger partial charge is 0.495 e. The molecule has 1 aromatic heterocycles. The van der Waals surface area contributed by atoms with Crippen molar-refractivity contribution in [1.29, 1.82) is 0 Å². The van der Waals surface area contributed by atoms with Gasteiger partial charge in [-0.15, -0.1) is 24.0 Å². The number of para-hydroxylation sites is 2. The number of halogens is 1. The molecule has 1 aliphatic heterocycles. The molecule has 0 spiro atoms. The average Bonchev–Trinajstić information content (AvgIpc) is 3.29. The quantitative estimate of drug-likeness (QED) is 0.294. The molecule has 0 bridgehead atoms. The van der Waals surface area contributed by atoms with Crippen molar-refractivity contribution in [3.63, 3.8) is 0 Å². The Bertz CT molecular complexity index is 1030. The van der Waals surface area contributed by atoms with Crippen LogP contribution in [0.25, 0.3) is 11.5 Å². The Morgan fingerprint density at radius 1 is 1.09 bits per heavy atom. The number of nitrogens with one attached hydrogen (secondary N) is 1. The first-order valence-corrected chi connectivity index (χ1v) is 10.5. The summed E-state index contributed by atoms with van der Waals surface area (Å²) in [5.41, 5.74) is 4.18. The number of ether oxygens (including phenoxy) is 1. The van der Waals surface area contributed by atoms with Crippen LogP contribution in [0.3, 0.4) is 0 Å². The van der Waals surface area contributed by atoms with Crippen LogP contribution >= 0.6 is 24.0 Å². The summed E-state index contributed by atoms with van der Waals surface area (Å²) < 4.78 is 11.2. The average molecular weight is 547 g/mol. The normalized spacial score (nSPS) is 14.2. The van der Waals surface area contributed by atoms with E-state index in [1.165, 1.54) is 5.56 Å². The van der Waals surface area contributed by atoms with E-state index in [-0.39, 0.29) is 24.0 Å². The fourth-order valence-corrected chi connectivity index (χ4v) is 3.77. The van der Waals surface area contributed by atoms with E-state index in [0.29, 0.717) is 12.4 Å². The third-order valence-electron chi connectivity index (χ3n) is 5.49. The lowest BCUT2D eigenvalue weighted by Crippen LogP contribution is -2.52. The summed E-state index contributed by atoms with van der Waals surface area (Å²) in [6.07, 6.45) is 1.70. The maximum Gasteiger partial charge on any atom is 0.226 e. The van der Waals surface area contributed by atoms with Gasteiger partial charge >= 0.3 is 0 Å². The first kappa shape index (κ1) is 23.9. The van der Waals surface area contributed by atoms with E-state index in [0.717, 1.165) is 54.8 Å². The highest BCUT2D eigenvalue weighted by Gasteiger charge is 2.21. The Kier molecular flexibility index (Phi) is 8.38. The highest BCUT2D eigenvalue weighted by molar-refractivity contribution is 14.0. The Hall–Kier alpha value is -2.75. The molecule has 0 unspecified atom stereocenters. The predicted molar refractivity (Wildman–Crippen MR) is 139 cm³/mol. The Morgan fingerprint density at radius 2 is 1.81 bits per heavy atom. The molecule has 0 atom stereocenters. The minimum Gasteiger partial charge on any atom is -0.495 e. The standard InChI is InChI=1S/C24H29N5O2.HI/c1-18-8-10-19(11-9-18)23-27-20(17-31-23)16-26-24(25-2)29-14-12-28(13-15-29)21-6-4-5-7-22(21)30-3;/h4-11,17H,12-16H2,1-3H3,(H,25,26);1H. The minimum atomic E-state index is 0. The van der Waals surface area contributed by atoms with Crippen LogP contribution in [-0.2, 0) is 6.54 Å². The summed E-state index contributed by atoms with van der Waals surface area (Å²) in [7, 11) is 3.53. The molecule has 0 saturated carbocycles. The van der Waals surface area contributed by atoms with Gasteiger partial charge in [-0.25, -0.2) is 4.98 Å². The lowest BCUT2D eigenvalue weighted by Gasteiger charge is -2.38. The molecule has 1 fully saturated rings. The van der Waals surface area contributed by atoms with Crippen molar-refractivity contribution >= 4 is 35.6 Å². The Labute approximate surface area is 206 Å². The molecule has 3 aromatic rings. The van der Waals surface area contributed by atoms with Crippen molar-refractivity contribution in [3.8, 4) is 17.2 Å². The number of nitrogens with zero attached hydrogens (tertiary/aromatic N) is 4. The molecule has 8 heteroatoms. The number of aromatic nitrogens is 1. The molecule has 1 aliphatic rings. The van der Waals surface area contributed by atoms with Crippen LogP contribution in [0, 0.1) is 6.92 Å². The zero-order valence-corrected chi connectivity index (χ0v) is 21.1. The van der Waals surface area contributed by atoms with E-state index in [1.54, 1.807) is 13.4 Å². The number of aliphatic imine (C=N–C) groups is 1. The van der Waals surface area contributed by atoms with Gasteiger partial charge < -0.3 is 24.3 Å². The van der Waals surface area contributed by atoms with E-state index in [1.807, 2.05) is 37.4 Å². The van der Waals surface area contributed by atoms with Crippen LogP contribution in [0.5, 0.6) is 5.75 Å². The van der Waals surface area contributed by atoms with Crippen LogP contribution in [0.1, 0.15) is 11.3 Å². The first-order chi connectivity index (χ1) is 15.2. The lowest BCUT2D eigenvalue weighted by atomic mass is 10.1. The number of benzene rings is 2. The zero-order valence-electron chi connectivity index (χ0n) is 18.7. The molecular weight excluding hydrogens is 517 g/mol. The first-order valence-electron chi connectivity index (χ1n) is 10.5. The number of hydrogen-bond acceptors (Lipinski definition) is 5. The summed E-state index contributed by atoms with van der Waals surface area (Å²) in [5, 5.41) is 3.42. The number of guanidine groups is 1. The second-order valence-electron chi connectivity index (χ2n) is 7.56. The number of aryl methyl sites for hydroxylation is 1. The van der Waals surface area contributed by atoms with Crippen molar-refractivity contribution in [2.75, 3.05) is 45.2 Å². The van der Waals surface area contributed by atoms with Crippen LogP contribution < -0.4 is 15.0 Å². The SMILES string of the molecule is CN=C(NCc1coc(-c2ccc(C)cc2)n1)N1CCN(c2ccccc2OC)CC1.I. The second-order valence-corrected chi connectivity index (χ2v) is 7.56. The molecule has 1 N–H and O–H groups in total. The maximum atomic E-state index is 5.66. The third kappa shape index (κ3) is 5.53. The molecular formula is C24H30IN5O2. The smallest absolute Gasteiger partial charge is 0.226 e. The molecule has 7 nitrogen and oxygen atoms in total. The third-order valence-corrected chi connectivity index (χ3v) is 5.49. The van der Waals surface area contributed by atoms with Gasteiger partial charge in [0.15, 0.2) is 5.96 Å². The van der Waals surface area contributed by atoms with E-state index in [4.69, 9.17) is 9.15 Å². The van der Waals surface area contributed by atoms with Crippen LogP contribution in [0.15, 0.2) is 64.2 Å². The summed E-state index contributed by atoms with van der Waals surface area (Å²) in [6, 6.07) is 16.3. The monoisotopic (exact) mass is 547 g/mol. The van der Waals surface area contributed by atoms with Gasteiger partial charge in [-0.05, 0) is 31.2 Å². The van der Waals surface area contributed by atoms with Crippen molar-refractivity contribution in [3.05, 3.63) is 66.1 Å². The van der Waals surface area contributed by atoms with Crippen molar-refractivity contribution in [1.82, 2.24) is 15.2 Å². The minimum absolute atomic E-state index is 0. The van der Waals surface area contributed by atoms with Crippen LogP contribution in [0.4, 0.5) is 5.69 Å². The van der Waals surface area contributed by atoms with E-state index in [2.05, 4.69) is 50.2 Å². The van der Waals surface area contributed by atoms with Crippen LogP contribution in [0.2, 0.25) is 0 Å². The molecule has 2 aromatic carbocycles. The molecule has 1 saturated heterocycles. The van der Waals surface area contributed by atoms with E-state index >= 15 is 0 Å². The summed E-state index contributed by atoms with van der Waals surface area (Å²) >= 11 is 0. The molecule has 170 valence electrons. The van der Waals surface area contributed by atoms with E-state index in [9.17, 15) is 0 Å². The highest BCUT2D eigenvalue weighted by Crippen LogP contribution is 2.28. The molecule has 0 amide bonds. The zero-order chi connectivity index (χ0) is 21.6. The van der Waals surface area contributed by atoms with Gasteiger partial charge in [0.05, 0.1) is 25.0 Å². The molecule has 0 radical (unpaired) electrons. The fraction of sp³-hybridized carbons (Fsp3) is 0.333. The number of methoxy groups -OCH3 is 1. The maximum absolute atomic E-state index is 5.66. The van der Waals surface area contributed by atoms with E-state index < -0.39 is 0 Å². The number of hydrogen-bond donors (Lipinski definition) is 1. The van der Waals surface area contributed by atoms with Gasteiger partial charge in [0, 0.05) is 38.8 Å². The van der Waals surface area contributed by atoms with Crippen molar-refractivity contribution < 1.29 is 9.15 Å². The van der Waals surface area contributed by atoms with Gasteiger partial charge in [-0.3, -0.25) is 4.99 Å². The van der Waals surface area contributed by atoms with Gasteiger partial charge in [-0.1, -0.05) is 29.8 Å². The summed E-state index contributed by atoms with van der Waals surface area (Å²) in [6.45, 7) is 6.20. The van der Waals surface area contributed by atoms with Gasteiger partial charge in [0.2, 0.25) is 5.89 Å². The number of rotatable bonds is 5. The van der Waals surface area contributed by atoms with Gasteiger partial charge in [-0.2, -0.15) is 0 Å². The second kappa shape index (κ2) is 11.2. The summed E-state index contributed by atoms with van der Waals surface area (Å²) in [4.78, 5) is 13.7. The number of piperazine rings is 1. The van der Waals surface area contributed by atoms with Crippen LogP contribution in [-0.4, -0.2) is 56.2 Å². The number of oxazole rings is 1. The molecule has 4 rings (SSSR count). The van der Waals surface area contributed by atoms with Crippen molar-refractivity contribution in [2.24, 2.45) is 4.99 Å². The number of anilines is 1. The molecule has 0 aliphatic carbocycles. The predicted octanol–water partition coefficient (Wildman–Crippen LogP) is 4.17. The lowest BCUT2D eigenvalue weighted by molar-refractivity contribution is 0.367. The highest BCUT2D eigenvalue weighted by atomic mass is 127. The fourth-order valence-electron chi connectivity index (χ4n) is 3.77. The van der Waals surface area contributed by atoms with Gasteiger partial charge in [0.1, 0.15) is 12.0 Å². The Morgan fingerprint density at radius 3 is 2.50 bits per heavy atom. The topological polar surface area (TPSA) is 66.1 Å². The molecule has 2 heterocycles. The van der Waals surface area contributed by atoms with Gasteiger partial charge in [0.25, 0.3) is 0 Å². The molecule has 32 heavy (non-hydrogen) atoms. The summed E-state index contributed by atoms with van der Waals surface area (Å²) in [5.74, 6) is 2.42. The van der Waals surface area contributed by atoms with Crippen molar-refractivity contribution in [2.45, 2.75) is 13.5 Å². The Balaban J connectivity index is 0.00000289.